The molecule has 4 rings (SSSR count). The summed E-state index contributed by atoms with van der Waals surface area (Å²) in [6, 6.07) is 26.6. The van der Waals surface area contributed by atoms with E-state index in [1.807, 2.05) is 0 Å². The van der Waals surface area contributed by atoms with Crippen LogP contribution in [0.1, 0.15) is 47.8 Å². The molecule has 0 radical (unpaired) electrons. The van der Waals surface area contributed by atoms with Crippen molar-refractivity contribution in [2.75, 3.05) is 19.8 Å². The quantitative estimate of drug-likeness (QED) is 0.0715. The molecule has 330 valence electrons. The third-order valence-corrected chi connectivity index (χ3v) is 8.88. The van der Waals surface area contributed by atoms with E-state index >= 15 is 0 Å². The molecule has 66 heavy (non-hydrogen) atoms. The summed E-state index contributed by atoms with van der Waals surface area (Å²) in [5, 5.41) is 86.2. The van der Waals surface area contributed by atoms with Crippen molar-refractivity contribution in [1.82, 2.24) is 13.7 Å². The van der Waals surface area contributed by atoms with Crippen molar-refractivity contribution in [2.24, 2.45) is 0 Å². The molecule has 0 saturated heterocycles. The molecule has 0 amide bonds. The average molecular weight is 892 g/mol. The highest BCUT2D eigenvalue weighted by Gasteiger charge is 2.24. The fourth-order valence-corrected chi connectivity index (χ4v) is 5.62. The third kappa shape index (κ3) is 13.5. The van der Waals surface area contributed by atoms with Gasteiger partial charge in [0.1, 0.15) is 91.3 Å². The van der Waals surface area contributed by atoms with Crippen molar-refractivity contribution in [3.8, 4) is 36.4 Å². The zero-order valence-electron chi connectivity index (χ0n) is 34.2. The van der Waals surface area contributed by atoms with Gasteiger partial charge in [0.05, 0.1) is 36.3 Å². The second-order valence-electron chi connectivity index (χ2n) is 13.6. The first kappa shape index (κ1) is 49.2. The maximum absolute atomic E-state index is 13.6. The highest BCUT2D eigenvalue weighted by molar-refractivity contribution is 5.91. The van der Waals surface area contributed by atoms with E-state index in [-0.39, 0.29) is 33.4 Å². The highest BCUT2D eigenvalue weighted by atomic mass is 16.6. The summed E-state index contributed by atoms with van der Waals surface area (Å²) in [4.78, 5) is 79.1. The van der Waals surface area contributed by atoms with E-state index in [4.69, 9.17) is 45.8 Å². The van der Waals surface area contributed by atoms with Gasteiger partial charge in [-0.2, -0.15) is 31.6 Å². The fourth-order valence-electron chi connectivity index (χ4n) is 5.62. The lowest BCUT2D eigenvalue weighted by atomic mass is 10.1. The van der Waals surface area contributed by atoms with E-state index in [2.05, 4.69) is 0 Å². The molecule has 0 spiro atoms. The van der Waals surface area contributed by atoms with Gasteiger partial charge >= 0.3 is 35.0 Å². The lowest BCUT2D eigenvalue weighted by molar-refractivity contribution is 0.0168. The SMILES string of the molecule is N#CC(C#N)=Cc1ccc(C(=O)OCC(O)Cn2c(=O)n(CC(O)COC(=O)c3ccc(C=C(C#N)C#N)cc3)c(=O)n(CC(O)COC(=O)c3ccc(C=C(C#N)C#N)cc3)c2=O)cc1. The van der Waals surface area contributed by atoms with Gasteiger partial charge in [0, 0.05) is 0 Å². The Morgan fingerprint density at radius 1 is 0.439 bits per heavy atom. The van der Waals surface area contributed by atoms with E-state index in [1.54, 1.807) is 36.4 Å². The Labute approximate surface area is 373 Å². The molecule has 21 nitrogen and oxygen atoms in total. The number of rotatable bonds is 18. The number of esters is 3. The van der Waals surface area contributed by atoms with Crippen LogP contribution in [0.3, 0.4) is 0 Å². The smallest absolute Gasteiger partial charge is 0.338 e. The average Bonchev–Trinajstić information content (AvgIpc) is 3.33. The molecule has 3 aromatic carbocycles. The first-order chi connectivity index (χ1) is 31.6. The van der Waals surface area contributed by atoms with Gasteiger partial charge in [-0.25, -0.2) is 42.5 Å². The summed E-state index contributed by atoms with van der Waals surface area (Å²) in [6.45, 7) is -5.08. The molecule has 4 aromatic rings. The Morgan fingerprint density at radius 3 is 0.848 bits per heavy atom. The minimum absolute atomic E-state index is 0.00909. The second kappa shape index (κ2) is 23.7. The van der Waals surface area contributed by atoms with Crippen LogP contribution in [0, 0.1) is 68.0 Å². The third-order valence-electron chi connectivity index (χ3n) is 8.88. The summed E-state index contributed by atoms with van der Waals surface area (Å²) < 4.78 is 16.5. The number of carbonyl (C=O) groups is 3. The maximum Gasteiger partial charge on any atom is 0.338 e. The number of aliphatic hydroxyl groups excluding tert-OH is 3. The Morgan fingerprint density at radius 2 is 0.652 bits per heavy atom. The molecule has 3 unspecified atom stereocenters. The van der Waals surface area contributed by atoms with Crippen LogP contribution >= 0.6 is 0 Å². The van der Waals surface area contributed by atoms with Crippen molar-refractivity contribution in [3.63, 3.8) is 0 Å². The van der Waals surface area contributed by atoms with Crippen molar-refractivity contribution in [1.29, 1.82) is 31.6 Å². The molecule has 0 aliphatic heterocycles. The molecule has 0 aliphatic carbocycles. The number of hydrogen-bond acceptors (Lipinski definition) is 18. The normalized spacial score (nSPS) is 11.4. The summed E-state index contributed by atoms with van der Waals surface area (Å²) in [5.74, 6) is -2.85. The van der Waals surface area contributed by atoms with Crippen LogP contribution in [0.15, 0.2) is 104 Å². The molecule has 0 aliphatic rings. The number of aliphatic hydroxyl groups is 3. The van der Waals surface area contributed by atoms with Crippen LogP contribution in [0.2, 0.25) is 0 Å². The molecular formula is C45H33N9O12. The fraction of sp³-hybridized carbons (Fsp3) is 0.200. The number of nitriles is 6. The van der Waals surface area contributed by atoms with Crippen molar-refractivity contribution in [3.05, 3.63) is 154 Å². The summed E-state index contributed by atoms with van der Waals surface area (Å²) in [5.41, 5.74) is -3.44. The molecule has 3 N–H and O–H groups in total. The molecule has 0 fully saturated rings. The lowest BCUT2D eigenvalue weighted by Crippen LogP contribution is -2.57. The standard InChI is InChI=1S/C45H33N9O12/c46-16-31(17-47)13-28-1-7-34(8-2-28)40(58)64-25-37(55)22-52-43(61)53(23-38(56)26-65-41(59)35-9-3-29(4-10-35)14-32(18-48)19-49)45(63)54(44(52)62)24-39(57)27-66-42(60)36-11-5-30(6-12-36)15-33(20-50)21-51/h1-15,37-39,55-57H,22-27H2. The van der Waals surface area contributed by atoms with Gasteiger partial charge in [-0.3, -0.25) is 0 Å². The monoisotopic (exact) mass is 891 g/mol. The first-order valence-corrected chi connectivity index (χ1v) is 19.0. The lowest BCUT2D eigenvalue weighted by Gasteiger charge is -2.19. The molecule has 1 heterocycles. The zero-order valence-corrected chi connectivity index (χ0v) is 34.2. The van der Waals surface area contributed by atoms with Crippen molar-refractivity contribution in [2.45, 2.75) is 37.9 Å². The second-order valence-corrected chi connectivity index (χ2v) is 13.6. The largest absolute Gasteiger partial charge is 0.459 e. The van der Waals surface area contributed by atoms with Gasteiger partial charge in [0.25, 0.3) is 0 Å². The Bertz CT molecular complexity index is 2630. The van der Waals surface area contributed by atoms with E-state index < -0.39 is 92.7 Å². The number of hydrogen-bond donors (Lipinski definition) is 3. The highest BCUT2D eigenvalue weighted by Crippen LogP contribution is 2.13. The Hall–Kier alpha value is -9.48. The van der Waals surface area contributed by atoms with Crippen LogP contribution in [0.4, 0.5) is 0 Å². The van der Waals surface area contributed by atoms with E-state index in [1.165, 1.54) is 91.0 Å². The maximum atomic E-state index is 13.6. The van der Waals surface area contributed by atoms with Crippen molar-refractivity contribution >= 4 is 36.1 Å². The minimum atomic E-state index is -1.77. The van der Waals surface area contributed by atoms with Gasteiger partial charge in [0.15, 0.2) is 0 Å². The predicted molar refractivity (Wildman–Crippen MR) is 225 cm³/mol. The molecule has 0 bridgehead atoms. The number of benzene rings is 3. The summed E-state index contributed by atoms with van der Waals surface area (Å²) >= 11 is 0. The summed E-state index contributed by atoms with van der Waals surface area (Å²) in [6.07, 6.45) is -1.48. The minimum Gasteiger partial charge on any atom is -0.459 e. The number of carbonyl (C=O) groups excluding carboxylic acids is 3. The number of ether oxygens (including phenoxy) is 3. The predicted octanol–water partition coefficient (Wildman–Crippen LogP) is 1.12. The molecular weight excluding hydrogens is 859 g/mol. The molecule has 0 saturated carbocycles. The van der Waals surface area contributed by atoms with E-state index in [9.17, 15) is 44.1 Å². The van der Waals surface area contributed by atoms with Gasteiger partial charge in [-0.05, 0) is 71.3 Å². The van der Waals surface area contributed by atoms with E-state index in [0.717, 1.165) is 0 Å². The number of nitrogens with zero attached hydrogens (tertiary/aromatic N) is 9. The van der Waals surface area contributed by atoms with Crippen LogP contribution in [0.5, 0.6) is 0 Å². The Kier molecular flexibility index (Phi) is 17.6. The molecule has 1 aromatic heterocycles. The van der Waals surface area contributed by atoms with Gasteiger partial charge < -0.3 is 29.5 Å². The van der Waals surface area contributed by atoms with Crippen molar-refractivity contribution < 1.29 is 43.9 Å². The number of allylic oxidation sites excluding steroid dienone is 3. The van der Waals surface area contributed by atoms with Gasteiger partial charge in [-0.15, -0.1) is 0 Å². The van der Waals surface area contributed by atoms with Crippen LogP contribution in [-0.2, 0) is 33.8 Å². The van der Waals surface area contributed by atoms with Crippen LogP contribution in [0.25, 0.3) is 18.2 Å². The van der Waals surface area contributed by atoms with Crippen LogP contribution < -0.4 is 17.1 Å². The molecule has 21 heteroatoms. The first-order valence-electron chi connectivity index (χ1n) is 19.0. The number of aromatic nitrogens is 3. The zero-order chi connectivity index (χ0) is 48.3. The van der Waals surface area contributed by atoms with Gasteiger partial charge in [-0.1, -0.05) is 36.4 Å². The summed E-state index contributed by atoms with van der Waals surface area (Å²) in [7, 11) is 0. The van der Waals surface area contributed by atoms with Crippen LogP contribution in [-0.4, -0.2) is 85.1 Å². The van der Waals surface area contributed by atoms with Gasteiger partial charge in [0.2, 0.25) is 0 Å². The Balaban J connectivity index is 1.54. The molecule has 3 atom stereocenters. The van der Waals surface area contributed by atoms with E-state index in [0.29, 0.717) is 30.4 Å². The topological polar surface area (TPSA) is 348 Å².